The molecule has 1 aliphatic rings. The maximum atomic E-state index is 13.7. The lowest BCUT2D eigenvalue weighted by Crippen LogP contribution is -2.39. The summed E-state index contributed by atoms with van der Waals surface area (Å²) in [6.07, 6.45) is 1.08. The number of halogens is 1. The van der Waals surface area contributed by atoms with Crippen LogP contribution in [-0.4, -0.2) is 52.9 Å². The summed E-state index contributed by atoms with van der Waals surface area (Å²) < 4.78 is 82.4. The topological polar surface area (TPSA) is 139 Å². The van der Waals surface area contributed by atoms with E-state index in [4.69, 9.17) is 8.83 Å². The number of carbonyl (C=O) groups excluding carboxylic acids is 1. The molecule has 0 radical (unpaired) electrons. The Morgan fingerprint density at radius 2 is 1.75 bits per heavy atom. The van der Waals surface area contributed by atoms with Gasteiger partial charge in [0.2, 0.25) is 15.1 Å². The van der Waals surface area contributed by atoms with Crippen LogP contribution in [0.25, 0.3) is 33.3 Å². The standard InChI is InChI=1S/C31H30FN3O7S2/c1-3-43(37,38)34-25-17-27-24(29(31(36)33-2)30(42-27)19-10-12-22(32)13-11-19)16-23(25)21-8-6-14-35(18-21)44(39,40)28-15-20-7-4-5-9-26(20)41-28/h4-5,7,9-13,15-17,21,34H,3,6,8,14,18H2,1-2H3,(H,33,36)/t21-/m0/s1. The zero-order chi connectivity index (χ0) is 31.2. The highest BCUT2D eigenvalue weighted by Crippen LogP contribution is 2.41. The van der Waals surface area contributed by atoms with Crippen molar-refractivity contribution in [3.63, 3.8) is 0 Å². The molecule has 5 aromatic rings. The summed E-state index contributed by atoms with van der Waals surface area (Å²) >= 11 is 0. The van der Waals surface area contributed by atoms with Gasteiger partial charge in [-0.2, -0.15) is 4.31 Å². The van der Waals surface area contributed by atoms with Crippen LogP contribution < -0.4 is 10.0 Å². The lowest BCUT2D eigenvalue weighted by Gasteiger charge is -2.32. The second-order valence-corrected chi connectivity index (χ2v) is 14.5. The van der Waals surface area contributed by atoms with Gasteiger partial charge in [0.25, 0.3) is 15.9 Å². The molecule has 0 saturated carbocycles. The van der Waals surface area contributed by atoms with Gasteiger partial charge >= 0.3 is 0 Å². The van der Waals surface area contributed by atoms with Gasteiger partial charge in [0.1, 0.15) is 22.7 Å². The summed E-state index contributed by atoms with van der Waals surface area (Å²) in [7, 11) is -6.27. The molecule has 0 aliphatic carbocycles. The van der Waals surface area contributed by atoms with E-state index in [1.165, 1.54) is 54.7 Å². The van der Waals surface area contributed by atoms with E-state index in [1.807, 2.05) is 0 Å². The number of furan rings is 2. The molecule has 6 rings (SSSR count). The lowest BCUT2D eigenvalue weighted by molar-refractivity contribution is 0.0964. The van der Waals surface area contributed by atoms with E-state index < -0.39 is 37.7 Å². The Morgan fingerprint density at radius 1 is 1.00 bits per heavy atom. The number of hydrogen-bond donors (Lipinski definition) is 2. The smallest absolute Gasteiger partial charge is 0.276 e. The Hall–Kier alpha value is -4.20. The molecule has 0 unspecified atom stereocenters. The number of anilines is 1. The van der Waals surface area contributed by atoms with Crippen molar-refractivity contribution in [3.05, 3.63) is 83.7 Å². The molecule has 0 bridgehead atoms. The monoisotopic (exact) mass is 639 g/mol. The summed E-state index contributed by atoms with van der Waals surface area (Å²) in [5.41, 5.74) is 2.11. The first-order valence-electron chi connectivity index (χ1n) is 14.1. The van der Waals surface area contributed by atoms with E-state index >= 15 is 0 Å². The van der Waals surface area contributed by atoms with Gasteiger partial charge in [-0.25, -0.2) is 21.2 Å². The average molecular weight is 640 g/mol. The molecular weight excluding hydrogens is 609 g/mol. The van der Waals surface area contributed by atoms with Gasteiger partial charge in [0, 0.05) is 48.6 Å². The highest BCUT2D eigenvalue weighted by molar-refractivity contribution is 7.92. The van der Waals surface area contributed by atoms with Crippen LogP contribution in [0.2, 0.25) is 0 Å². The van der Waals surface area contributed by atoms with Crippen molar-refractivity contribution in [1.82, 2.24) is 9.62 Å². The second kappa shape index (κ2) is 11.4. The van der Waals surface area contributed by atoms with Gasteiger partial charge in [-0.3, -0.25) is 9.52 Å². The van der Waals surface area contributed by atoms with Crippen molar-refractivity contribution >= 4 is 53.6 Å². The fourth-order valence-corrected chi connectivity index (χ4v) is 7.73. The Kier molecular flexibility index (Phi) is 7.72. The number of carbonyl (C=O) groups is 1. The third-order valence-corrected chi connectivity index (χ3v) is 10.9. The summed E-state index contributed by atoms with van der Waals surface area (Å²) in [5.74, 6) is -1.33. The number of amides is 1. The van der Waals surface area contributed by atoms with Crippen LogP contribution in [0.15, 0.2) is 80.7 Å². The number of para-hydroxylation sites is 1. The minimum atomic E-state index is -4.01. The number of hydrogen-bond acceptors (Lipinski definition) is 7. The molecule has 2 aromatic heterocycles. The Labute approximate surface area is 253 Å². The van der Waals surface area contributed by atoms with Crippen molar-refractivity contribution in [2.45, 2.75) is 30.8 Å². The third-order valence-electron chi connectivity index (χ3n) is 7.89. The summed E-state index contributed by atoms with van der Waals surface area (Å²) in [4.78, 5) is 13.2. The number of nitrogens with one attached hydrogen (secondary N) is 2. The zero-order valence-corrected chi connectivity index (χ0v) is 25.6. The minimum Gasteiger partial charge on any atom is -0.455 e. The molecule has 0 spiro atoms. The molecule has 3 aromatic carbocycles. The van der Waals surface area contributed by atoms with Gasteiger partial charge in [-0.1, -0.05) is 18.2 Å². The molecule has 3 heterocycles. The number of piperidine rings is 1. The number of nitrogens with zero attached hydrogens (tertiary/aromatic N) is 1. The van der Waals surface area contributed by atoms with Crippen LogP contribution in [0.3, 0.4) is 0 Å². The fraction of sp³-hybridized carbons (Fsp3) is 0.258. The van der Waals surface area contributed by atoms with E-state index in [1.54, 1.807) is 30.3 Å². The molecule has 10 nitrogen and oxygen atoms in total. The molecule has 1 amide bonds. The number of fused-ring (bicyclic) bond motifs is 2. The van der Waals surface area contributed by atoms with Gasteiger partial charge in [-0.05, 0) is 67.6 Å². The Balaban J connectivity index is 1.47. The van der Waals surface area contributed by atoms with Crippen LogP contribution in [0, 0.1) is 5.82 Å². The van der Waals surface area contributed by atoms with Crippen LogP contribution in [0.5, 0.6) is 0 Å². The predicted octanol–water partition coefficient (Wildman–Crippen LogP) is 5.67. The first-order chi connectivity index (χ1) is 21.0. The lowest BCUT2D eigenvalue weighted by atomic mass is 9.89. The van der Waals surface area contributed by atoms with Crippen molar-refractivity contribution in [2.75, 3.05) is 30.6 Å². The minimum absolute atomic E-state index is 0.0592. The SMILES string of the molecule is CCS(=O)(=O)Nc1cc2oc(-c3ccc(F)cc3)c(C(=O)NC)c2cc1[C@H]1CCCN(S(=O)(=O)c2cc3ccccc3o2)C1. The van der Waals surface area contributed by atoms with E-state index in [0.29, 0.717) is 40.3 Å². The normalized spacial score (nSPS) is 16.4. The van der Waals surface area contributed by atoms with Crippen LogP contribution in [-0.2, 0) is 20.0 Å². The summed E-state index contributed by atoms with van der Waals surface area (Å²) in [6.45, 7) is 1.83. The highest BCUT2D eigenvalue weighted by Gasteiger charge is 2.35. The summed E-state index contributed by atoms with van der Waals surface area (Å²) in [6, 6.07) is 17.2. The Morgan fingerprint density at radius 3 is 2.45 bits per heavy atom. The maximum Gasteiger partial charge on any atom is 0.276 e. The molecule has 1 aliphatic heterocycles. The van der Waals surface area contributed by atoms with E-state index in [9.17, 15) is 26.0 Å². The van der Waals surface area contributed by atoms with Crippen molar-refractivity contribution < 1.29 is 34.9 Å². The fourth-order valence-electron chi connectivity index (χ4n) is 5.61. The van der Waals surface area contributed by atoms with Crippen LogP contribution in [0.4, 0.5) is 10.1 Å². The van der Waals surface area contributed by atoms with Crippen molar-refractivity contribution in [1.29, 1.82) is 0 Å². The summed E-state index contributed by atoms with van der Waals surface area (Å²) in [5, 5.41) is 3.53. The molecule has 44 heavy (non-hydrogen) atoms. The average Bonchev–Trinajstić information content (AvgIpc) is 3.63. The zero-order valence-electron chi connectivity index (χ0n) is 24.0. The van der Waals surface area contributed by atoms with Gasteiger partial charge in [-0.15, -0.1) is 0 Å². The largest absolute Gasteiger partial charge is 0.455 e. The molecule has 230 valence electrons. The number of benzene rings is 3. The molecule has 2 N–H and O–H groups in total. The molecular formula is C31H30FN3O7S2. The first kappa shape index (κ1) is 29.9. The first-order valence-corrected chi connectivity index (χ1v) is 17.2. The van der Waals surface area contributed by atoms with Crippen molar-refractivity contribution in [2.24, 2.45) is 0 Å². The van der Waals surface area contributed by atoms with Crippen LogP contribution >= 0.6 is 0 Å². The highest BCUT2D eigenvalue weighted by atomic mass is 32.2. The van der Waals surface area contributed by atoms with E-state index in [-0.39, 0.29) is 46.5 Å². The van der Waals surface area contributed by atoms with Gasteiger partial charge < -0.3 is 14.2 Å². The second-order valence-electron chi connectivity index (χ2n) is 10.6. The van der Waals surface area contributed by atoms with Gasteiger partial charge in [0.15, 0.2) is 0 Å². The van der Waals surface area contributed by atoms with Crippen LogP contribution in [0.1, 0.15) is 41.6 Å². The van der Waals surface area contributed by atoms with E-state index in [2.05, 4.69) is 10.0 Å². The van der Waals surface area contributed by atoms with Crippen molar-refractivity contribution in [3.8, 4) is 11.3 Å². The number of sulfonamides is 2. The molecule has 1 saturated heterocycles. The van der Waals surface area contributed by atoms with Gasteiger partial charge in [0.05, 0.1) is 17.0 Å². The van der Waals surface area contributed by atoms with E-state index in [0.717, 1.165) is 0 Å². The predicted molar refractivity (Wildman–Crippen MR) is 165 cm³/mol. The third kappa shape index (κ3) is 5.46. The molecule has 13 heteroatoms. The maximum absolute atomic E-state index is 13.7. The quantitative estimate of drug-likeness (QED) is 0.223. The molecule has 1 fully saturated rings. The Bertz CT molecular complexity index is 2070. The molecule has 1 atom stereocenters. The number of rotatable bonds is 8.